The van der Waals surface area contributed by atoms with Crippen LogP contribution in [0.4, 0.5) is 0 Å². The zero-order valence-corrected chi connectivity index (χ0v) is 17.5. The Balaban J connectivity index is 0.000000490. The van der Waals surface area contributed by atoms with Crippen LogP contribution in [0.1, 0.15) is 0 Å². The molecule has 29 heavy (non-hydrogen) atoms. The molecule has 0 atom stereocenters. The highest BCUT2D eigenvalue weighted by Crippen LogP contribution is 2.22. The van der Waals surface area contributed by atoms with Gasteiger partial charge in [0.2, 0.25) is 0 Å². The van der Waals surface area contributed by atoms with Crippen molar-refractivity contribution >= 4 is 59.4 Å². The van der Waals surface area contributed by atoms with Crippen molar-refractivity contribution < 1.29 is 18.5 Å². The average molecular weight is 468 g/mol. The van der Waals surface area contributed by atoms with Crippen LogP contribution in [0, 0.1) is 0 Å². The van der Waals surface area contributed by atoms with E-state index in [0.717, 1.165) is 10.8 Å². The Hall–Kier alpha value is -2.37. The summed E-state index contributed by atoms with van der Waals surface area (Å²) in [6.07, 6.45) is 3.28. The number of halogens is 3. The zero-order chi connectivity index (χ0) is 18.2. The molecule has 0 aromatic carbocycles. The third-order valence-electron chi connectivity index (χ3n) is 3.15. The average Bonchev–Trinajstić information content (AvgIpc) is 3.29. The second-order valence-electron chi connectivity index (χ2n) is 4.96. The van der Waals surface area contributed by atoms with E-state index >= 15 is 0 Å². The zero-order valence-electron chi connectivity index (χ0n) is 15.1. The minimum atomic E-state index is 0. The minimum Gasteiger partial charge on any atom is -0.474 e. The number of fused-ring (bicyclic) bond motifs is 2. The molecule has 160 valence electrons. The van der Waals surface area contributed by atoms with Crippen molar-refractivity contribution in [2.45, 2.75) is 0 Å². The number of aromatic nitrogens is 4. The lowest BCUT2D eigenvalue weighted by molar-refractivity contribution is 0.292. The molecule has 0 saturated carbocycles. The molecule has 4 heterocycles. The molecular formula is C16H21Cl3N6O4. The summed E-state index contributed by atoms with van der Waals surface area (Å²) in [6.45, 7) is 1.76. The van der Waals surface area contributed by atoms with Crippen molar-refractivity contribution in [2.75, 3.05) is 26.3 Å². The van der Waals surface area contributed by atoms with Crippen molar-refractivity contribution in [1.29, 1.82) is 0 Å². The Kier molecular flexibility index (Phi) is 12.6. The number of rotatable bonds is 6. The molecular weight excluding hydrogens is 447 g/mol. The molecule has 0 spiro atoms. The highest BCUT2D eigenvalue weighted by Gasteiger charge is 2.09. The number of hydrogen-bond donors (Lipinski definition) is 2. The molecule has 0 unspecified atom stereocenters. The Bertz CT molecular complexity index is 890. The fourth-order valence-corrected chi connectivity index (χ4v) is 2.04. The van der Waals surface area contributed by atoms with E-state index in [0.29, 0.717) is 49.5 Å². The third-order valence-corrected chi connectivity index (χ3v) is 3.15. The van der Waals surface area contributed by atoms with Crippen LogP contribution in [0.2, 0.25) is 0 Å². The monoisotopic (exact) mass is 466 g/mol. The maximum atomic E-state index is 5.29. The number of pyridine rings is 2. The van der Waals surface area contributed by atoms with E-state index < -0.39 is 0 Å². The van der Waals surface area contributed by atoms with Gasteiger partial charge in [0, 0.05) is 25.5 Å². The smallest absolute Gasteiger partial charge is 0.263 e. The van der Waals surface area contributed by atoms with E-state index in [-0.39, 0.29) is 37.2 Å². The molecule has 0 fully saturated rings. The van der Waals surface area contributed by atoms with Gasteiger partial charge < -0.3 is 30.0 Å². The van der Waals surface area contributed by atoms with E-state index in [2.05, 4.69) is 20.3 Å². The van der Waals surface area contributed by atoms with Crippen LogP contribution in [0.3, 0.4) is 0 Å². The van der Waals surface area contributed by atoms with Gasteiger partial charge in [-0.25, -0.2) is 9.97 Å². The lowest BCUT2D eigenvalue weighted by atomic mass is 10.3. The predicted molar refractivity (Wildman–Crippen MR) is 114 cm³/mol. The third kappa shape index (κ3) is 6.87. The van der Waals surface area contributed by atoms with Gasteiger partial charge in [0.05, 0.1) is 0 Å². The number of nitrogens with zero attached hydrogens (tertiary/aromatic N) is 4. The Labute approximate surface area is 184 Å². The van der Waals surface area contributed by atoms with Crippen LogP contribution >= 0.6 is 37.2 Å². The van der Waals surface area contributed by atoms with Crippen LogP contribution in [0.5, 0.6) is 11.8 Å². The topological polar surface area (TPSA) is 148 Å². The molecule has 0 amide bonds. The highest BCUT2D eigenvalue weighted by atomic mass is 35.5. The predicted octanol–water partition coefficient (Wildman–Crippen LogP) is 2.39. The van der Waals surface area contributed by atoms with E-state index in [1.807, 2.05) is 12.1 Å². The van der Waals surface area contributed by atoms with Crippen LogP contribution in [0.25, 0.3) is 22.2 Å². The van der Waals surface area contributed by atoms with Crippen LogP contribution in [-0.2, 0) is 0 Å². The van der Waals surface area contributed by atoms with Gasteiger partial charge in [0.1, 0.15) is 24.0 Å². The highest BCUT2D eigenvalue weighted by molar-refractivity contribution is 5.86. The second kappa shape index (κ2) is 13.7. The minimum absolute atomic E-state index is 0. The molecule has 0 aliphatic rings. The molecule has 4 rings (SSSR count). The molecule has 4 N–H and O–H groups in total. The summed E-state index contributed by atoms with van der Waals surface area (Å²) in [7, 11) is 0. The first-order valence-corrected chi connectivity index (χ1v) is 7.90. The summed E-state index contributed by atoms with van der Waals surface area (Å²) < 4.78 is 20.3. The first-order chi connectivity index (χ1) is 12.8. The van der Waals surface area contributed by atoms with Gasteiger partial charge in [-0.15, -0.1) is 37.2 Å². The van der Waals surface area contributed by atoms with Crippen molar-refractivity contribution in [3.05, 3.63) is 36.7 Å². The molecule has 0 saturated heterocycles. The maximum Gasteiger partial charge on any atom is 0.263 e. The molecule has 4 aromatic rings. The lowest BCUT2D eigenvalue weighted by Gasteiger charge is -1.97. The van der Waals surface area contributed by atoms with Crippen LogP contribution in [-0.4, -0.2) is 46.6 Å². The van der Waals surface area contributed by atoms with E-state index in [1.54, 1.807) is 24.5 Å². The molecule has 0 bridgehead atoms. The quantitative estimate of drug-likeness (QED) is 0.433. The summed E-state index contributed by atoms with van der Waals surface area (Å²) in [5, 5.41) is 8.98. The molecule has 10 nitrogen and oxygen atoms in total. The lowest BCUT2D eigenvalue weighted by Crippen LogP contribution is -2.10. The van der Waals surface area contributed by atoms with Gasteiger partial charge in [-0.05, 0) is 34.6 Å². The van der Waals surface area contributed by atoms with Crippen LogP contribution in [0.15, 0.2) is 45.7 Å². The summed E-state index contributed by atoms with van der Waals surface area (Å²) in [5.74, 6) is 0.905. The summed E-state index contributed by atoms with van der Waals surface area (Å²) in [4.78, 5) is 7.94. The molecule has 4 aromatic heterocycles. The first-order valence-electron chi connectivity index (χ1n) is 7.90. The van der Waals surface area contributed by atoms with Gasteiger partial charge in [-0.3, -0.25) is 0 Å². The van der Waals surface area contributed by atoms with E-state index in [4.69, 9.17) is 30.0 Å². The molecule has 0 aliphatic heterocycles. The van der Waals surface area contributed by atoms with E-state index in [1.165, 1.54) is 0 Å². The summed E-state index contributed by atoms with van der Waals surface area (Å²) in [6, 6.07) is 7.28. The van der Waals surface area contributed by atoms with Crippen LogP contribution < -0.4 is 20.9 Å². The molecule has 13 heteroatoms. The second-order valence-corrected chi connectivity index (χ2v) is 4.96. The fourth-order valence-electron chi connectivity index (χ4n) is 2.04. The summed E-state index contributed by atoms with van der Waals surface area (Å²) >= 11 is 0. The van der Waals surface area contributed by atoms with Gasteiger partial charge >= 0.3 is 0 Å². The van der Waals surface area contributed by atoms with Gasteiger partial charge in [-0.1, -0.05) is 0 Å². The fraction of sp³-hybridized carbons (Fsp3) is 0.250. The van der Waals surface area contributed by atoms with Crippen molar-refractivity contribution in [3.63, 3.8) is 0 Å². The summed E-state index contributed by atoms with van der Waals surface area (Å²) in [5.41, 5.74) is 11.5. The largest absolute Gasteiger partial charge is 0.474 e. The van der Waals surface area contributed by atoms with E-state index in [9.17, 15) is 0 Å². The Morgan fingerprint density at radius 1 is 0.724 bits per heavy atom. The first kappa shape index (κ1) is 26.6. The molecule has 0 aliphatic carbocycles. The molecule has 0 radical (unpaired) electrons. The van der Waals surface area contributed by atoms with Gasteiger partial charge in [-0.2, -0.15) is 0 Å². The Morgan fingerprint density at radius 2 is 1.14 bits per heavy atom. The number of hydrogen-bond acceptors (Lipinski definition) is 10. The van der Waals surface area contributed by atoms with Gasteiger partial charge in [0.15, 0.2) is 0 Å². The van der Waals surface area contributed by atoms with Crippen molar-refractivity contribution in [3.8, 4) is 11.8 Å². The van der Waals surface area contributed by atoms with Crippen molar-refractivity contribution in [2.24, 2.45) is 11.5 Å². The van der Waals surface area contributed by atoms with Crippen molar-refractivity contribution in [1.82, 2.24) is 20.3 Å². The SMILES string of the molecule is Cl.Cl.Cl.NCCOc1noc2ncccc12.NCCOc1noc2ncccc12. The number of nitrogens with two attached hydrogens (primary N) is 2. The normalized spacial score (nSPS) is 9.45. The maximum absolute atomic E-state index is 5.29. The number of ether oxygens (including phenoxy) is 2. The Morgan fingerprint density at radius 3 is 1.52 bits per heavy atom. The standard InChI is InChI=1S/2C8H9N3O2.3ClH/c2*9-3-5-12-8-6-2-1-4-10-7(6)13-11-8;;;/h2*1-2,4H,3,5,9H2;3*1H. The van der Waals surface area contributed by atoms with Gasteiger partial charge in [0.25, 0.3) is 23.2 Å².